The van der Waals surface area contributed by atoms with Gasteiger partial charge >= 0.3 is 5.97 Å². The predicted molar refractivity (Wildman–Crippen MR) is 90.6 cm³/mol. The molecule has 0 fully saturated rings. The molecule has 8 heteroatoms. The molecule has 0 aromatic heterocycles. The number of hydrogen-bond donors (Lipinski definition) is 1. The normalized spacial score (nSPS) is 10.2. The zero-order valence-corrected chi connectivity index (χ0v) is 14.7. The summed E-state index contributed by atoms with van der Waals surface area (Å²) in [5.74, 6) is -2.60. The van der Waals surface area contributed by atoms with Crippen LogP contribution in [-0.2, 0) is 9.53 Å². The molecule has 0 heterocycles. The quantitative estimate of drug-likeness (QED) is 0.728. The third kappa shape index (κ3) is 5.25. The zero-order chi connectivity index (χ0) is 18.4. The molecule has 2 aromatic rings. The first-order chi connectivity index (χ1) is 11.9. The van der Waals surface area contributed by atoms with E-state index in [9.17, 15) is 18.4 Å². The second-order valence-electron chi connectivity index (χ2n) is 4.83. The summed E-state index contributed by atoms with van der Waals surface area (Å²) < 4.78 is 36.8. The number of amides is 1. The number of hydrogen-bond acceptors (Lipinski definition) is 4. The van der Waals surface area contributed by atoms with Gasteiger partial charge in [-0.05, 0) is 53.2 Å². The van der Waals surface area contributed by atoms with Gasteiger partial charge in [-0.25, -0.2) is 13.6 Å². The lowest BCUT2D eigenvalue weighted by molar-refractivity contribution is -0.119. The molecule has 0 radical (unpaired) electrons. The molecule has 0 atom stereocenters. The summed E-state index contributed by atoms with van der Waals surface area (Å²) >= 11 is 2.95. The molecule has 0 saturated heterocycles. The van der Waals surface area contributed by atoms with E-state index < -0.39 is 30.1 Å². The first-order valence-electron chi connectivity index (χ1n) is 7.25. The van der Waals surface area contributed by atoms with Crippen molar-refractivity contribution in [2.24, 2.45) is 0 Å². The Morgan fingerprint density at radius 1 is 1.16 bits per heavy atom. The van der Waals surface area contributed by atoms with Crippen molar-refractivity contribution >= 4 is 33.5 Å². The van der Waals surface area contributed by atoms with Crippen molar-refractivity contribution in [1.29, 1.82) is 0 Å². The van der Waals surface area contributed by atoms with Crippen LogP contribution in [0.15, 0.2) is 40.9 Å². The molecular weight excluding hydrogens is 400 g/mol. The van der Waals surface area contributed by atoms with E-state index in [1.807, 2.05) is 6.92 Å². The van der Waals surface area contributed by atoms with Crippen molar-refractivity contribution in [2.75, 3.05) is 18.5 Å². The van der Waals surface area contributed by atoms with Gasteiger partial charge in [0.2, 0.25) is 0 Å². The number of rotatable bonds is 6. The van der Waals surface area contributed by atoms with Crippen molar-refractivity contribution in [3.63, 3.8) is 0 Å². The molecule has 1 N–H and O–H groups in total. The molecule has 0 aliphatic heterocycles. The minimum Gasteiger partial charge on any atom is -0.494 e. The molecule has 0 unspecified atom stereocenters. The molecular formula is C17H14BrF2NO4. The van der Waals surface area contributed by atoms with Gasteiger partial charge in [-0.3, -0.25) is 4.79 Å². The molecule has 0 aliphatic rings. The molecule has 0 bridgehead atoms. The maximum Gasteiger partial charge on any atom is 0.338 e. The molecule has 0 saturated carbocycles. The monoisotopic (exact) mass is 413 g/mol. The fourth-order valence-corrected chi connectivity index (χ4v) is 2.41. The van der Waals surface area contributed by atoms with Crippen LogP contribution in [0.4, 0.5) is 14.5 Å². The van der Waals surface area contributed by atoms with Gasteiger partial charge in [-0.1, -0.05) is 0 Å². The van der Waals surface area contributed by atoms with Crippen molar-refractivity contribution in [3.05, 3.63) is 58.1 Å². The third-order valence-electron chi connectivity index (χ3n) is 3.01. The maximum absolute atomic E-state index is 13.6. The molecule has 5 nitrogen and oxygen atoms in total. The Balaban J connectivity index is 1.92. The highest BCUT2D eigenvalue weighted by molar-refractivity contribution is 9.10. The molecule has 1 amide bonds. The highest BCUT2D eigenvalue weighted by atomic mass is 79.9. The predicted octanol–water partition coefficient (Wildman–Crippen LogP) is 3.92. The van der Waals surface area contributed by atoms with Gasteiger partial charge < -0.3 is 14.8 Å². The Labute approximate surface area is 151 Å². The number of benzene rings is 2. The van der Waals surface area contributed by atoms with Gasteiger partial charge in [0.15, 0.2) is 12.4 Å². The lowest BCUT2D eigenvalue weighted by atomic mass is 10.2. The van der Waals surface area contributed by atoms with Crippen LogP contribution in [-0.4, -0.2) is 25.1 Å². The van der Waals surface area contributed by atoms with Crippen LogP contribution in [0.25, 0.3) is 0 Å². The Morgan fingerprint density at radius 2 is 1.84 bits per heavy atom. The molecule has 2 rings (SSSR count). The van der Waals surface area contributed by atoms with E-state index in [0.29, 0.717) is 18.4 Å². The summed E-state index contributed by atoms with van der Waals surface area (Å²) in [6.45, 7) is 1.72. The van der Waals surface area contributed by atoms with E-state index in [-0.39, 0.29) is 15.7 Å². The number of ether oxygens (including phenoxy) is 2. The molecule has 0 aliphatic carbocycles. The van der Waals surface area contributed by atoms with Crippen molar-refractivity contribution in [2.45, 2.75) is 6.92 Å². The summed E-state index contributed by atoms with van der Waals surface area (Å²) in [5.41, 5.74) is 0.00825. The highest BCUT2D eigenvalue weighted by Gasteiger charge is 2.15. The van der Waals surface area contributed by atoms with Crippen LogP contribution < -0.4 is 10.1 Å². The maximum atomic E-state index is 13.6. The smallest absolute Gasteiger partial charge is 0.338 e. The number of carbonyl (C=O) groups is 2. The van der Waals surface area contributed by atoms with Crippen LogP contribution in [0.3, 0.4) is 0 Å². The highest BCUT2D eigenvalue weighted by Crippen LogP contribution is 2.26. The fourth-order valence-electron chi connectivity index (χ4n) is 1.91. The van der Waals surface area contributed by atoms with Gasteiger partial charge in [0, 0.05) is 10.5 Å². The number of nitrogens with one attached hydrogen (secondary N) is 1. The number of esters is 1. The van der Waals surface area contributed by atoms with E-state index in [1.165, 1.54) is 12.1 Å². The standard InChI is InChI=1S/C17H14BrF2NO4/c1-2-24-12-5-3-10(4-6-12)17(23)25-9-15(22)21-16-13(18)7-11(19)8-14(16)20/h3-8H,2,9H2,1H3,(H,21,22). The lowest BCUT2D eigenvalue weighted by Crippen LogP contribution is -2.21. The Morgan fingerprint density at radius 3 is 2.44 bits per heavy atom. The number of halogens is 3. The van der Waals surface area contributed by atoms with Gasteiger partial charge in [0.25, 0.3) is 5.91 Å². The topological polar surface area (TPSA) is 64.6 Å². The summed E-state index contributed by atoms with van der Waals surface area (Å²) in [4.78, 5) is 23.7. The van der Waals surface area contributed by atoms with Gasteiger partial charge in [0.1, 0.15) is 11.6 Å². The van der Waals surface area contributed by atoms with Crippen LogP contribution in [0.1, 0.15) is 17.3 Å². The minimum absolute atomic E-state index is 0.0381. The third-order valence-corrected chi connectivity index (χ3v) is 3.63. The minimum atomic E-state index is -0.946. The number of anilines is 1. The first-order valence-corrected chi connectivity index (χ1v) is 8.04. The average molecular weight is 414 g/mol. The van der Waals surface area contributed by atoms with E-state index in [4.69, 9.17) is 9.47 Å². The van der Waals surface area contributed by atoms with E-state index in [1.54, 1.807) is 12.1 Å². The summed E-state index contributed by atoms with van der Waals surface area (Å²) in [5, 5.41) is 2.21. The average Bonchev–Trinajstić information content (AvgIpc) is 2.57. The fraction of sp³-hybridized carbons (Fsp3) is 0.176. The number of carbonyl (C=O) groups excluding carboxylic acids is 2. The molecule has 0 spiro atoms. The second-order valence-corrected chi connectivity index (χ2v) is 5.68. The van der Waals surface area contributed by atoms with Crippen molar-refractivity contribution in [3.8, 4) is 5.75 Å². The Hall–Kier alpha value is -2.48. The molecule has 25 heavy (non-hydrogen) atoms. The Kier molecular flexibility index (Phi) is 6.46. The summed E-state index contributed by atoms with van der Waals surface area (Å²) in [7, 11) is 0. The first kappa shape index (κ1) is 18.9. The van der Waals surface area contributed by atoms with Crippen LogP contribution in [0.5, 0.6) is 5.75 Å². The van der Waals surface area contributed by atoms with Gasteiger partial charge in [-0.15, -0.1) is 0 Å². The van der Waals surface area contributed by atoms with Crippen molar-refractivity contribution in [1.82, 2.24) is 0 Å². The van der Waals surface area contributed by atoms with E-state index in [0.717, 1.165) is 6.07 Å². The van der Waals surface area contributed by atoms with Crippen LogP contribution >= 0.6 is 15.9 Å². The van der Waals surface area contributed by atoms with Gasteiger partial charge in [0.05, 0.1) is 17.9 Å². The van der Waals surface area contributed by atoms with Crippen molar-refractivity contribution < 1.29 is 27.8 Å². The Bertz CT molecular complexity index is 758. The largest absolute Gasteiger partial charge is 0.494 e. The lowest BCUT2D eigenvalue weighted by Gasteiger charge is -2.09. The molecule has 132 valence electrons. The van der Waals surface area contributed by atoms with Crippen LogP contribution in [0.2, 0.25) is 0 Å². The van der Waals surface area contributed by atoms with E-state index >= 15 is 0 Å². The van der Waals surface area contributed by atoms with E-state index in [2.05, 4.69) is 21.2 Å². The molecule has 2 aromatic carbocycles. The zero-order valence-electron chi connectivity index (χ0n) is 13.1. The SMILES string of the molecule is CCOc1ccc(C(=O)OCC(=O)Nc2c(F)cc(F)cc2Br)cc1. The summed E-state index contributed by atoms with van der Waals surface area (Å²) in [6, 6.07) is 7.84. The second kappa shape index (κ2) is 8.57. The summed E-state index contributed by atoms with van der Waals surface area (Å²) in [6.07, 6.45) is 0. The van der Waals surface area contributed by atoms with Gasteiger partial charge in [-0.2, -0.15) is 0 Å². The van der Waals surface area contributed by atoms with Crippen LogP contribution in [0, 0.1) is 11.6 Å².